The molecule has 2 rings (SSSR count). The van der Waals surface area contributed by atoms with E-state index in [4.69, 9.17) is 9.47 Å². The van der Waals surface area contributed by atoms with Gasteiger partial charge >= 0.3 is 11.9 Å². The van der Waals surface area contributed by atoms with Crippen LogP contribution in [0.15, 0.2) is 47.6 Å². The van der Waals surface area contributed by atoms with Crippen molar-refractivity contribution in [1.82, 2.24) is 0 Å². The Bertz CT molecular complexity index is 893. The Labute approximate surface area is 154 Å². The first-order valence-electron chi connectivity index (χ1n) is 7.85. The maximum Gasteiger partial charge on any atom is 0.343 e. The second-order valence-corrected chi connectivity index (χ2v) is 5.15. The Morgan fingerprint density at radius 1 is 1.19 bits per heavy atom. The Balaban J connectivity index is 2.22. The summed E-state index contributed by atoms with van der Waals surface area (Å²) in [6.45, 7) is 3.29. The summed E-state index contributed by atoms with van der Waals surface area (Å²) in [4.78, 5) is 37.7. The lowest BCUT2D eigenvalue weighted by Gasteiger charge is -2.11. The molecule has 2 aromatic rings. The summed E-state index contributed by atoms with van der Waals surface area (Å²) >= 11 is 0. The first kappa shape index (κ1) is 19.6. The van der Waals surface area contributed by atoms with Gasteiger partial charge in [-0.25, -0.2) is 9.59 Å². The summed E-state index contributed by atoms with van der Waals surface area (Å²) in [6, 6.07) is 9.82. The van der Waals surface area contributed by atoms with Gasteiger partial charge in [-0.1, -0.05) is 11.2 Å². The van der Waals surface area contributed by atoms with E-state index in [0.29, 0.717) is 12.2 Å². The molecule has 0 atom stereocenters. The average molecular weight is 372 g/mol. The summed E-state index contributed by atoms with van der Waals surface area (Å²) < 4.78 is 10.7. The summed E-state index contributed by atoms with van der Waals surface area (Å²) in [7, 11) is 0. The highest BCUT2D eigenvalue weighted by molar-refractivity contribution is 5.92. The Kier molecular flexibility index (Phi) is 6.59. The van der Waals surface area contributed by atoms with Gasteiger partial charge in [0.25, 0.3) is 5.69 Å². The number of nitrogens with zero attached hydrogens (tertiary/aromatic N) is 2. The zero-order chi connectivity index (χ0) is 19.8. The third-order valence-electron chi connectivity index (χ3n) is 3.15. The van der Waals surface area contributed by atoms with Crippen LogP contribution in [-0.4, -0.2) is 29.7 Å². The number of benzene rings is 2. The zero-order valence-electron chi connectivity index (χ0n) is 14.6. The molecule has 0 saturated carbocycles. The van der Waals surface area contributed by atoms with E-state index in [1.807, 2.05) is 0 Å². The molecule has 9 heteroatoms. The van der Waals surface area contributed by atoms with Crippen LogP contribution in [0.4, 0.5) is 5.69 Å². The van der Waals surface area contributed by atoms with E-state index >= 15 is 0 Å². The van der Waals surface area contributed by atoms with Gasteiger partial charge in [0, 0.05) is 24.6 Å². The SMILES string of the molecule is CCOc1cc(C=NOC(C)=O)ccc1OC(=O)c1cccc([N+](=O)[O-])c1. The number of nitro benzene ring substituents is 1. The molecule has 0 aliphatic carbocycles. The number of rotatable bonds is 7. The van der Waals surface area contributed by atoms with Crippen LogP contribution < -0.4 is 9.47 Å². The molecule has 0 amide bonds. The molecule has 9 nitrogen and oxygen atoms in total. The van der Waals surface area contributed by atoms with Crippen LogP contribution in [0.2, 0.25) is 0 Å². The van der Waals surface area contributed by atoms with Crippen molar-refractivity contribution in [1.29, 1.82) is 0 Å². The van der Waals surface area contributed by atoms with Gasteiger partial charge in [0.1, 0.15) is 0 Å². The van der Waals surface area contributed by atoms with E-state index in [9.17, 15) is 19.7 Å². The molecule has 0 unspecified atom stereocenters. The van der Waals surface area contributed by atoms with Gasteiger partial charge in [-0.3, -0.25) is 10.1 Å². The molecule has 0 saturated heterocycles. The van der Waals surface area contributed by atoms with Crippen molar-refractivity contribution >= 4 is 23.8 Å². The molecule has 2 aromatic carbocycles. The monoisotopic (exact) mass is 372 g/mol. The van der Waals surface area contributed by atoms with Crippen LogP contribution >= 0.6 is 0 Å². The fourth-order valence-electron chi connectivity index (χ4n) is 2.02. The molecule has 0 aliphatic rings. The maximum atomic E-state index is 12.3. The molecule has 27 heavy (non-hydrogen) atoms. The Hall–Kier alpha value is -3.75. The lowest BCUT2D eigenvalue weighted by Crippen LogP contribution is -2.10. The van der Waals surface area contributed by atoms with Crippen LogP contribution in [0, 0.1) is 10.1 Å². The van der Waals surface area contributed by atoms with Crippen LogP contribution in [-0.2, 0) is 9.63 Å². The van der Waals surface area contributed by atoms with Gasteiger partial charge in [-0.05, 0) is 31.2 Å². The first-order valence-corrected chi connectivity index (χ1v) is 7.85. The highest BCUT2D eigenvalue weighted by Crippen LogP contribution is 2.29. The molecule has 0 bridgehead atoms. The van der Waals surface area contributed by atoms with E-state index in [2.05, 4.69) is 9.99 Å². The van der Waals surface area contributed by atoms with Crippen LogP contribution in [0.1, 0.15) is 29.8 Å². The highest BCUT2D eigenvalue weighted by Gasteiger charge is 2.16. The zero-order valence-corrected chi connectivity index (χ0v) is 14.6. The molecule has 0 aromatic heterocycles. The van der Waals surface area contributed by atoms with Crippen molar-refractivity contribution in [2.24, 2.45) is 5.16 Å². The third-order valence-corrected chi connectivity index (χ3v) is 3.15. The van der Waals surface area contributed by atoms with Crippen molar-refractivity contribution < 1.29 is 28.8 Å². The average Bonchev–Trinajstić information content (AvgIpc) is 2.63. The Morgan fingerprint density at radius 2 is 1.96 bits per heavy atom. The van der Waals surface area contributed by atoms with E-state index in [0.717, 1.165) is 6.07 Å². The minimum atomic E-state index is -0.763. The van der Waals surface area contributed by atoms with Crippen molar-refractivity contribution in [2.45, 2.75) is 13.8 Å². The standard InChI is InChI=1S/C18H16N2O7/c1-3-25-17-9-13(11-19-27-12(2)21)7-8-16(17)26-18(22)14-5-4-6-15(10-14)20(23)24/h4-11H,3H2,1-2H3. The molecule has 0 N–H and O–H groups in total. The predicted molar refractivity (Wildman–Crippen MR) is 95.0 cm³/mol. The van der Waals surface area contributed by atoms with Gasteiger partial charge < -0.3 is 14.3 Å². The number of non-ortho nitro benzene ring substituents is 1. The second-order valence-electron chi connectivity index (χ2n) is 5.15. The van der Waals surface area contributed by atoms with Gasteiger partial charge in [0.15, 0.2) is 11.5 Å². The summed E-state index contributed by atoms with van der Waals surface area (Å²) in [6.07, 6.45) is 1.30. The van der Waals surface area contributed by atoms with Crippen LogP contribution in [0.3, 0.4) is 0 Å². The molecule has 0 heterocycles. The molecule has 140 valence electrons. The number of esters is 1. The highest BCUT2D eigenvalue weighted by atomic mass is 16.7. The number of nitro groups is 1. The number of ether oxygens (including phenoxy) is 2. The topological polar surface area (TPSA) is 117 Å². The smallest absolute Gasteiger partial charge is 0.343 e. The molecule has 0 spiro atoms. The number of hydrogen-bond donors (Lipinski definition) is 0. The molecule has 0 fully saturated rings. The number of oxime groups is 1. The van der Waals surface area contributed by atoms with Crippen molar-refractivity contribution in [3.8, 4) is 11.5 Å². The van der Waals surface area contributed by atoms with Crippen molar-refractivity contribution in [3.05, 3.63) is 63.7 Å². The van der Waals surface area contributed by atoms with Crippen LogP contribution in [0.25, 0.3) is 0 Å². The fourth-order valence-corrected chi connectivity index (χ4v) is 2.02. The molecule has 0 radical (unpaired) electrons. The number of carbonyl (C=O) groups excluding carboxylic acids is 2. The normalized spacial score (nSPS) is 10.4. The number of carbonyl (C=O) groups is 2. The third kappa shape index (κ3) is 5.63. The minimum absolute atomic E-state index is 0.0344. The minimum Gasteiger partial charge on any atom is -0.490 e. The van der Waals surface area contributed by atoms with Gasteiger partial charge in [0.05, 0.1) is 23.3 Å². The van der Waals surface area contributed by atoms with E-state index in [-0.39, 0.29) is 22.7 Å². The van der Waals surface area contributed by atoms with E-state index < -0.39 is 16.9 Å². The van der Waals surface area contributed by atoms with Gasteiger partial charge in [0.2, 0.25) is 0 Å². The van der Waals surface area contributed by atoms with Crippen LogP contribution in [0.5, 0.6) is 11.5 Å². The van der Waals surface area contributed by atoms with E-state index in [1.165, 1.54) is 37.4 Å². The maximum absolute atomic E-state index is 12.3. The predicted octanol–water partition coefficient (Wildman–Crippen LogP) is 3.11. The summed E-state index contributed by atoms with van der Waals surface area (Å²) in [5, 5.41) is 14.3. The molecular weight excluding hydrogens is 356 g/mol. The first-order chi connectivity index (χ1) is 12.9. The number of hydrogen-bond acceptors (Lipinski definition) is 8. The van der Waals surface area contributed by atoms with Crippen molar-refractivity contribution in [3.63, 3.8) is 0 Å². The quantitative estimate of drug-likeness (QED) is 0.183. The lowest BCUT2D eigenvalue weighted by atomic mass is 10.2. The largest absolute Gasteiger partial charge is 0.490 e. The second kappa shape index (κ2) is 9.09. The van der Waals surface area contributed by atoms with Crippen molar-refractivity contribution in [2.75, 3.05) is 6.61 Å². The van der Waals surface area contributed by atoms with E-state index in [1.54, 1.807) is 19.1 Å². The van der Waals surface area contributed by atoms with Gasteiger partial charge in [-0.15, -0.1) is 0 Å². The summed E-state index contributed by atoms with van der Waals surface area (Å²) in [5.74, 6) is -0.916. The fraction of sp³-hybridized carbons (Fsp3) is 0.167. The summed E-state index contributed by atoms with van der Waals surface area (Å²) in [5.41, 5.74) is 0.369. The lowest BCUT2D eigenvalue weighted by molar-refractivity contribution is -0.384. The Morgan fingerprint density at radius 3 is 2.63 bits per heavy atom. The van der Waals surface area contributed by atoms with Gasteiger partial charge in [-0.2, -0.15) is 0 Å². The molecule has 0 aliphatic heterocycles. The molecular formula is C18H16N2O7.